The van der Waals surface area contributed by atoms with Crippen LogP contribution in [0.2, 0.25) is 0 Å². The zero-order chi connectivity index (χ0) is 29.2. The maximum absolute atomic E-state index is 12.8. The number of benzene rings is 1. The van der Waals surface area contributed by atoms with Gasteiger partial charge in [0.2, 0.25) is 5.95 Å². The Kier molecular flexibility index (Phi) is 8.59. The van der Waals surface area contributed by atoms with Gasteiger partial charge in [-0.05, 0) is 74.3 Å². The van der Waals surface area contributed by atoms with Crippen molar-refractivity contribution >= 4 is 11.8 Å². The predicted octanol–water partition coefficient (Wildman–Crippen LogP) is 4.00. The second-order valence-electron chi connectivity index (χ2n) is 12.1. The lowest BCUT2D eigenvalue weighted by Gasteiger charge is -2.61. The third kappa shape index (κ3) is 7.02. The van der Waals surface area contributed by atoms with Crippen LogP contribution in [0.4, 0.5) is 24.9 Å². The molecule has 4 bridgehead atoms. The van der Waals surface area contributed by atoms with E-state index in [-0.39, 0.29) is 30.3 Å². The molecule has 41 heavy (non-hydrogen) atoms. The van der Waals surface area contributed by atoms with E-state index in [2.05, 4.69) is 36.3 Å². The largest absolute Gasteiger partial charge is 0.573 e. The van der Waals surface area contributed by atoms with Crippen LogP contribution >= 0.6 is 0 Å². The highest BCUT2D eigenvalue weighted by atomic mass is 19.4. The van der Waals surface area contributed by atoms with Crippen LogP contribution in [0.15, 0.2) is 30.5 Å². The van der Waals surface area contributed by atoms with Crippen LogP contribution in [0.1, 0.15) is 43.2 Å². The zero-order valence-electron chi connectivity index (χ0n) is 23.1. The molecule has 1 aromatic heterocycles. The van der Waals surface area contributed by atoms with Crippen LogP contribution < -0.4 is 15.4 Å². The minimum atomic E-state index is -4.80. The Morgan fingerprint density at radius 3 is 2.61 bits per heavy atom. The number of aliphatic hydroxyl groups excluding tert-OH is 2. The van der Waals surface area contributed by atoms with E-state index in [1.807, 2.05) is 7.05 Å². The Hall–Kier alpha value is -3.14. The Balaban J connectivity index is 1.23. The maximum Gasteiger partial charge on any atom is 0.573 e. The molecular formula is C29H37F3N6O3. The van der Waals surface area contributed by atoms with E-state index < -0.39 is 12.5 Å². The van der Waals surface area contributed by atoms with Gasteiger partial charge in [-0.1, -0.05) is 18.2 Å². The summed E-state index contributed by atoms with van der Waals surface area (Å²) < 4.78 is 42.5. The lowest BCUT2D eigenvalue weighted by atomic mass is 9.46. The first-order valence-corrected chi connectivity index (χ1v) is 14.1. The topological polar surface area (TPSA) is 127 Å². The molecule has 6 rings (SSSR count). The van der Waals surface area contributed by atoms with Crippen LogP contribution in [0.25, 0.3) is 0 Å². The standard InChI is InChI=1S/C29H37F3N6O3/c1-38(14-23(40)16-39)15-24-20-6-18-7-21(24)10-28(8-18,9-20)17-36-26-22(11-33)13-35-27(37-26)34-12-19-4-2-3-5-25(19)41-29(30,31)32/h2-5,13,18,20-21,23-24,39-40H,6-10,12,14-17H2,1H3,(H2,34,35,36,37)/t18?,20-,21+,23-,24?,28?/m0/s1. The van der Waals surface area contributed by atoms with Gasteiger partial charge in [0, 0.05) is 31.7 Å². The number of rotatable bonds is 12. The fourth-order valence-corrected chi connectivity index (χ4v) is 7.67. The summed E-state index contributed by atoms with van der Waals surface area (Å²) in [5.74, 6) is 2.79. The highest BCUT2D eigenvalue weighted by Gasteiger charge is 2.55. The molecule has 4 saturated carbocycles. The van der Waals surface area contributed by atoms with Gasteiger partial charge in [0.05, 0.1) is 18.9 Å². The van der Waals surface area contributed by atoms with Gasteiger partial charge in [-0.25, -0.2) is 4.98 Å². The van der Waals surface area contributed by atoms with Gasteiger partial charge in [-0.3, -0.25) is 0 Å². The monoisotopic (exact) mass is 574 g/mol. The molecule has 9 nitrogen and oxygen atoms in total. The number of nitriles is 1. The van der Waals surface area contributed by atoms with E-state index >= 15 is 0 Å². The van der Waals surface area contributed by atoms with Crippen LogP contribution in [-0.2, 0) is 6.54 Å². The van der Waals surface area contributed by atoms with E-state index in [1.54, 1.807) is 6.07 Å². The third-order valence-corrected chi connectivity index (χ3v) is 9.03. The second-order valence-corrected chi connectivity index (χ2v) is 12.1. The molecule has 222 valence electrons. The lowest BCUT2D eigenvalue weighted by molar-refractivity contribution is -0.274. The van der Waals surface area contributed by atoms with Crippen molar-refractivity contribution in [2.45, 2.75) is 51.1 Å². The Morgan fingerprint density at radius 2 is 1.93 bits per heavy atom. The number of para-hydroxylation sites is 1. The third-order valence-electron chi connectivity index (χ3n) is 9.03. The van der Waals surface area contributed by atoms with E-state index in [1.165, 1.54) is 37.2 Å². The highest BCUT2D eigenvalue weighted by molar-refractivity contribution is 5.53. The molecule has 0 saturated heterocycles. The summed E-state index contributed by atoms with van der Waals surface area (Å²) in [6.07, 6.45) is 1.69. The molecule has 6 atom stereocenters. The molecule has 0 radical (unpaired) electrons. The summed E-state index contributed by atoms with van der Waals surface area (Å²) in [5.41, 5.74) is 0.727. The van der Waals surface area contributed by atoms with E-state index in [9.17, 15) is 28.6 Å². The lowest BCUT2D eigenvalue weighted by Crippen LogP contribution is -2.55. The fraction of sp³-hybridized carbons (Fsp3) is 0.621. The number of aliphatic hydroxyl groups is 2. The molecule has 4 fully saturated rings. The summed E-state index contributed by atoms with van der Waals surface area (Å²) in [7, 11) is 2.01. The minimum absolute atomic E-state index is 0.0116. The first-order chi connectivity index (χ1) is 19.6. The van der Waals surface area contributed by atoms with E-state index in [4.69, 9.17) is 0 Å². The molecule has 4 aliphatic carbocycles. The molecule has 0 amide bonds. The van der Waals surface area contributed by atoms with Crippen molar-refractivity contribution in [3.63, 3.8) is 0 Å². The molecule has 0 spiro atoms. The van der Waals surface area contributed by atoms with Crippen molar-refractivity contribution in [2.75, 3.05) is 43.9 Å². The molecule has 1 aromatic carbocycles. The van der Waals surface area contributed by atoms with Crippen LogP contribution in [0.5, 0.6) is 5.75 Å². The number of anilines is 2. The van der Waals surface area contributed by atoms with Crippen LogP contribution in [-0.4, -0.2) is 70.8 Å². The fourth-order valence-electron chi connectivity index (χ4n) is 7.67. The molecular weight excluding hydrogens is 537 g/mol. The van der Waals surface area contributed by atoms with Crippen molar-refractivity contribution < 1.29 is 28.1 Å². The van der Waals surface area contributed by atoms with Crippen molar-refractivity contribution in [1.82, 2.24) is 14.9 Å². The molecule has 4 N–H and O–H groups in total. The van der Waals surface area contributed by atoms with Gasteiger partial charge in [-0.2, -0.15) is 10.2 Å². The smallest absolute Gasteiger partial charge is 0.405 e. The summed E-state index contributed by atoms with van der Waals surface area (Å²) >= 11 is 0. The molecule has 4 aliphatic rings. The molecule has 3 unspecified atom stereocenters. The summed E-state index contributed by atoms with van der Waals surface area (Å²) in [6.45, 7) is 1.85. The number of hydrogen-bond donors (Lipinski definition) is 4. The predicted molar refractivity (Wildman–Crippen MR) is 146 cm³/mol. The maximum atomic E-state index is 12.8. The molecule has 2 aromatic rings. The van der Waals surface area contributed by atoms with Gasteiger partial charge in [0.15, 0.2) is 0 Å². The van der Waals surface area contributed by atoms with Crippen molar-refractivity contribution in [3.8, 4) is 11.8 Å². The van der Waals surface area contributed by atoms with Gasteiger partial charge < -0.3 is 30.5 Å². The second kappa shape index (κ2) is 12.0. The zero-order valence-corrected chi connectivity index (χ0v) is 23.1. The Bertz CT molecular complexity index is 1240. The van der Waals surface area contributed by atoms with Gasteiger partial charge in [0.1, 0.15) is 23.2 Å². The van der Waals surface area contributed by atoms with Crippen molar-refractivity contribution in [1.29, 1.82) is 5.26 Å². The number of halogens is 3. The SMILES string of the molecule is CN(CC1[C@@H]2CC3C[C@H]1CC(CNc1nc(NCc4ccccc4OC(F)(F)F)ncc1C#N)(C3)C2)C[C@H](O)CO. The van der Waals surface area contributed by atoms with Crippen LogP contribution in [0.3, 0.4) is 0 Å². The first-order valence-electron chi connectivity index (χ1n) is 14.1. The van der Waals surface area contributed by atoms with Gasteiger partial charge >= 0.3 is 6.36 Å². The average molecular weight is 575 g/mol. The number of aromatic nitrogens is 2. The molecule has 1 heterocycles. The Labute approximate surface area is 237 Å². The summed E-state index contributed by atoms with van der Waals surface area (Å²) in [6, 6.07) is 8.01. The number of hydrogen-bond acceptors (Lipinski definition) is 9. The van der Waals surface area contributed by atoms with Crippen LogP contribution in [0, 0.1) is 40.4 Å². The normalized spacial score (nSPS) is 27.5. The average Bonchev–Trinajstić information content (AvgIpc) is 2.92. The number of nitrogens with zero attached hydrogens (tertiary/aromatic N) is 4. The number of likely N-dealkylation sites (N-methyl/N-ethyl adjacent to an activating group) is 1. The highest BCUT2D eigenvalue weighted by Crippen LogP contribution is 2.62. The summed E-state index contributed by atoms with van der Waals surface area (Å²) in [5, 5.41) is 35.1. The van der Waals surface area contributed by atoms with Crippen molar-refractivity contribution in [2.24, 2.45) is 29.1 Å². The minimum Gasteiger partial charge on any atom is -0.405 e. The number of nitrogens with one attached hydrogen (secondary N) is 2. The van der Waals surface area contributed by atoms with Crippen molar-refractivity contribution in [3.05, 3.63) is 41.6 Å². The number of ether oxygens (including phenoxy) is 1. The number of alkyl halides is 3. The molecule has 12 heteroatoms. The van der Waals surface area contributed by atoms with E-state index in [0.717, 1.165) is 25.8 Å². The van der Waals surface area contributed by atoms with Gasteiger partial charge in [-0.15, -0.1) is 13.2 Å². The summed E-state index contributed by atoms with van der Waals surface area (Å²) in [4.78, 5) is 10.8. The van der Waals surface area contributed by atoms with Gasteiger partial charge in [0.25, 0.3) is 0 Å². The Morgan fingerprint density at radius 1 is 1.20 bits per heavy atom. The quantitative estimate of drug-likeness (QED) is 0.298. The molecule has 0 aliphatic heterocycles. The van der Waals surface area contributed by atoms with E-state index in [0.29, 0.717) is 53.7 Å². The first kappa shape index (κ1) is 29.4.